The topological polar surface area (TPSA) is 55.9 Å². The minimum absolute atomic E-state index is 0.0228. The summed E-state index contributed by atoms with van der Waals surface area (Å²) >= 11 is 5.98. The first-order chi connectivity index (χ1) is 15.6. The molecule has 3 amide bonds. The van der Waals surface area contributed by atoms with Crippen molar-refractivity contribution in [3.05, 3.63) is 70.2 Å². The van der Waals surface area contributed by atoms with Crippen LogP contribution >= 0.6 is 11.6 Å². The van der Waals surface area contributed by atoms with E-state index < -0.39 is 0 Å². The summed E-state index contributed by atoms with van der Waals surface area (Å²) in [4.78, 5) is 31.0. The molecule has 2 aromatic carbocycles. The summed E-state index contributed by atoms with van der Waals surface area (Å²) < 4.78 is 0. The maximum atomic E-state index is 12.9. The molecule has 2 heterocycles. The number of urea groups is 1. The number of carbonyl (C=O) groups excluding carboxylic acids is 2. The molecule has 0 aromatic heterocycles. The molecular formula is C25H31ClN4O2. The SMILES string of the molecule is O=C1CCCN1Cc1ccccc1CNC(=O)N1CCCN(Cc2ccc(Cl)cc2)CC1. The Morgan fingerprint density at radius 2 is 1.66 bits per heavy atom. The van der Waals surface area contributed by atoms with Crippen molar-refractivity contribution >= 4 is 23.5 Å². The van der Waals surface area contributed by atoms with E-state index in [2.05, 4.69) is 22.3 Å². The van der Waals surface area contributed by atoms with Crippen LogP contribution in [0.5, 0.6) is 0 Å². The van der Waals surface area contributed by atoms with E-state index in [0.717, 1.165) is 61.7 Å². The molecule has 0 saturated carbocycles. The Hall–Kier alpha value is -2.57. The van der Waals surface area contributed by atoms with Gasteiger partial charge in [-0.2, -0.15) is 0 Å². The van der Waals surface area contributed by atoms with Gasteiger partial charge in [-0.05, 0) is 41.7 Å². The molecule has 6 nitrogen and oxygen atoms in total. The normalized spacial score (nSPS) is 17.5. The highest BCUT2D eigenvalue weighted by atomic mass is 35.5. The Morgan fingerprint density at radius 1 is 0.875 bits per heavy atom. The van der Waals surface area contributed by atoms with Crippen molar-refractivity contribution in [2.45, 2.75) is 38.9 Å². The van der Waals surface area contributed by atoms with E-state index in [1.54, 1.807) is 0 Å². The zero-order valence-corrected chi connectivity index (χ0v) is 19.2. The molecule has 2 fully saturated rings. The number of carbonyl (C=O) groups is 2. The van der Waals surface area contributed by atoms with Gasteiger partial charge >= 0.3 is 6.03 Å². The average Bonchev–Trinajstić information content (AvgIpc) is 3.05. The van der Waals surface area contributed by atoms with Crippen LogP contribution in [0.15, 0.2) is 48.5 Å². The maximum Gasteiger partial charge on any atom is 0.317 e. The number of likely N-dealkylation sites (tertiary alicyclic amines) is 1. The molecule has 0 bridgehead atoms. The van der Waals surface area contributed by atoms with Crippen molar-refractivity contribution in [3.8, 4) is 0 Å². The summed E-state index contributed by atoms with van der Waals surface area (Å²) in [5.41, 5.74) is 3.41. The molecule has 2 aliphatic heterocycles. The molecule has 0 unspecified atom stereocenters. The Labute approximate surface area is 195 Å². The van der Waals surface area contributed by atoms with Crippen LogP contribution in [0.1, 0.15) is 36.0 Å². The van der Waals surface area contributed by atoms with E-state index in [1.807, 2.05) is 46.2 Å². The fourth-order valence-corrected chi connectivity index (χ4v) is 4.55. The van der Waals surface area contributed by atoms with Gasteiger partial charge < -0.3 is 15.1 Å². The highest BCUT2D eigenvalue weighted by Gasteiger charge is 2.22. The minimum Gasteiger partial charge on any atom is -0.338 e. The number of nitrogens with zero attached hydrogens (tertiary/aromatic N) is 3. The number of nitrogens with one attached hydrogen (secondary N) is 1. The van der Waals surface area contributed by atoms with Crippen LogP contribution < -0.4 is 5.32 Å². The number of rotatable bonds is 6. The van der Waals surface area contributed by atoms with Gasteiger partial charge in [0.25, 0.3) is 0 Å². The van der Waals surface area contributed by atoms with E-state index in [0.29, 0.717) is 26.1 Å². The largest absolute Gasteiger partial charge is 0.338 e. The summed E-state index contributed by atoms with van der Waals surface area (Å²) in [6.07, 6.45) is 2.53. The molecule has 0 spiro atoms. The standard InChI is InChI=1S/C25H31ClN4O2/c26-23-10-8-20(9-11-23)18-28-12-4-14-29(16-15-28)25(32)27-17-21-5-1-2-6-22(21)19-30-13-3-7-24(30)31/h1-2,5-6,8-11H,3-4,7,12-19H2,(H,27,32). The first-order valence-corrected chi connectivity index (χ1v) is 11.8. The van der Waals surface area contributed by atoms with E-state index in [4.69, 9.17) is 11.6 Å². The zero-order valence-electron chi connectivity index (χ0n) is 18.4. The van der Waals surface area contributed by atoms with Gasteiger partial charge in [-0.1, -0.05) is 48.0 Å². The van der Waals surface area contributed by atoms with Crippen LogP contribution in [0.4, 0.5) is 4.79 Å². The first-order valence-electron chi connectivity index (χ1n) is 11.4. The fourth-order valence-electron chi connectivity index (χ4n) is 4.42. The van der Waals surface area contributed by atoms with Gasteiger partial charge in [0.05, 0.1) is 0 Å². The molecule has 0 atom stereocenters. The summed E-state index contributed by atoms with van der Waals surface area (Å²) in [5, 5.41) is 3.85. The molecule has 2 saturated heterocycles. The van der Waals surface area contributed by atoms with Crippen LogP contribution in [0, 0.1) is 0 Å². The Morgan fingerprint density at radius 3 is 2.41 bits per heavy atom. The van der Waals surface area contributed by atoms with Gasteiger partial charge in [-0.25, -0.2) is 4.79 Å². The van der Waals surface area contributed by atoms with Gasteiger partial charge in [-0.15, -0.1) is 0 Å². The number of hydrogen-bond acceptors (Lipinski definition) is 3. The smallest absolute Gasteiger partial charge is 0.317 e. The summed E-state index contributed by atoms with van der Waals surface area (Å²) in [6.45, 7) is 6.07. The second-order valence-corrected chi connectivity index (χ2v) is 9.03. The Kier molecular flexibility index (Phi) is 7.66. The lowest BCUT2D eigenvalue weighted by Gasteiger charge is -2.23. The lowest BCUT2D eigenvalue weighted by atomic mass is 10.1. The van der Waals surface area contributed by atoms with E-state index >= 15 is 0 Å². The Bertz CT molecular complexity index is 934. The van der Waals surface area contributed by atoms with E-state index in [9.17, 15) is 9.59 Å². The molecule has 32 heavy (non-hydrogen) atoms. The van der Waals surface area contributed by atoms with Gasteiger partial charge in [-0.3, -0.25) is 9.69 Å². The van der Waals surface area contributed by atoms with Crippen LogP contribution in [-0.4, -0.2) is 59.4 Å². The lowest BCUT2D eigenvalue weighted by molar-refractivity contribution is -0.128. The monoisotopic (exact) mass is 454 g/mol. The molecule has 0 aliphatic carbocycles. The zero-order chi connectivity index (χ0) is 22.3. The molecule has 7 heteroatoms. The van der Waals surface area contributed by atoms with Gasteiger partial charge in [0.15, 0.2) is 0 Å². The summed E-state index contributed by atoms with van der Waals surface area (Å²) in [6, 6.07) is 16.0. The molecule has 2 aromatic rings. The fraction of sp³-hybridized carbons (Fsp3) is 0.440. The Balaban J connectivity index is 1.28. The number of hydrogen-bond donors (Lipinski definition) is 1. The maximum absolute atomic E-state index is 12.9. The molecule has 1 N–H and O–H groups in total. The van der Waals surface area contributed by atoms with Gasteiger partial charge in [0.2, 0.25) is 5.91 Å². The molecule has 2 aliphatic rings. The number of amides is 3. The lowest BCUT2D eigenvalue weighted by Crippen LogP contribution is -2.41. The quantitative estimate of drug-likeness (QED) is 0.720. The molecule has 4 rings (SSSR count). The second kappa shape index (κ2) is 10.8. The van der Waals surface area contributed by atoms with Gasteiger partial charge in [0, 0.05) is 63.8 Å². The molecule has 0 radical (unpaired) electrons. The predicted octanol–water partition coefficient (Wildman–Crippen LogP) is 3.88. The first kappa shape index (κ1) is 22.6. The third-order valence-electron chi connectivity index (χ3n) is 6.28. The highest BCUT2D eigenvalue weighted by molar-refractivity contribution is 6.30. The van der Waals surface area contributed by atoms with Crippen molar-refractivity contribution in [1.29, 1.82) is 0 Å². The number of benzene rings is 2. The van der Waals surface area contributed by atoms with Crippen molar-refractivity contribution in [2.24, 2.45) is 0 Å². The summed E-state index contributed by atoms with van der Waals surface area (Å²) in [7, 11) is 0. The predicted molar refractivity (Wildman–Crippen MR) is 126 cm³/mol. The van der Waals surface area contributed by atoms with Gasteiger partial charge in [0.1, 0.15) is 0 Å². The van der Waals surface area contributed by atoms with Crippen molar-refractivity contribution in [1.82, 2.24) is 20.0 Å². The number of halogens is 1. The van der Waals surface area contributed by atoms with Crippen molar-refractivity contribution in [3.63, 3.8) is 0 Å². The van der Waals surface area contributed by atoms with E-state index in [1.165, 1.54) is 5.56 Å². The van der Waals surface area contributed by atoms with Crippen LogP contribution in [-0.2, 0) is 24.4 Å². The third-order valence-corrected chi connectivity index (χ3v) is 6.53. The third kappa shape index (κ3) is 6.02. The minimum atomic E-state index is -0.0228. The van der Waals surface area contributed by atoms with Crippen LogP contribution in [0.25, 0.3) is 0 Å². The van der Waals surface area contributed by atoms with Crippen LogP contribution in [0.2, 0.25) is 5.02 Å². The molecule has 170 valence electrons. The van der Waals surface area contributed by atoms with E-state index in [-0.39, 0.29) is 11.9 Å². The van der Waals surface area contributed by atoms with Crippen molar-refractivity contribution < 1.29 is 9.59 Å². The van der Waals surface area contributed by atoms with Crippen molar-refractivity contribution in [2.75, 3.05) is 32.7 Å². The summed E-state index contributed by atoms with van der Waals surface area (Å²) in [5.74, 6) is 0.219. The van der Waals surface area contributed by atoms with Crippen LogP contribution in [0.3, 0.4) is 0 Å². The molecular weight excluding hydrogens is 424 g/mol. The highest BCUT2D eigenvalue weighted by Crippen LogP contribution is 2.18. The second-order valence-electron chi connectivity index (χ2n) is 8.59. The average molecular weight is 455 g/mol.